The third-order valence-corrected chi connectivity index (χ3v) is 31.1. The van der Waals surface area contributed by atoms with Crippen LogP contribution in [0.15, 0.2) is 370 Å². The monoisotopic (exact) mass is 1840 g/mol. The maximum absolute atomic E-state index is 8.58. The van der Waals surface area contributed by atoms with Crippen LogP contribution >= 0.6 is 68.8 Å². The van der Waals surface area contributed by atoms with E-state index in [1.54, 1.807) is 58.3 Å². The van der Waals surface area contributed by atoms with Crippen molar-refractivity contribution in [1.82, 2.24) is 57.2 Å². The van der Waals surface area contributed by atoms with Gasteiger partial charge in [-0.1, -0.05) is 291 Å². The first-order valence-corrected chi connectivity index (χ1v) is 47.9. The van der Waals surface area contributed by atoms with Gasteiger partial charge >= 0.3 is 7.12 Å². The average Bonchev–Trinajstić information content (AvgIpc) is 1.60. The molecule has 17 aromatic carbocycles. The molecule has 0 saturated carbocycles. The number of aromatic amines is 1. The number of fused-ring (bicyclic) bond motifs is 39. The molecular formula is C114H64BCl3N12O2S3. The molecule has 14 nitrogen and oxygen atoms in total. The van der Waals surface area contributed by atoms with Gasteiger partial charge in [0.1, 0.15) is 0 Å². The third-order valence-electron chi connectivity index (χ3n) is 26.9. The number of benzene rings is 17. The number of thiophene rings is 3. The summed E-state index contributed by atoms with van der Waals surface area (Å²) in [7, 11) is -1.34. The summed E-state index contributed by atoms with van der Waals surface area (Å²) in [5.41, 5.74) is 22.6. The summed E-state index contributed by atoms with van der Waals surface area (Å²) in [6.45, 7) is 0. The largest absolute Gasteiger partial charge is 0.488 e. The van der Waals surface area contributed by atoms with E-state index in [1.165, 1.54) is 167 Å². The Morgan fingerprint density at radius 3 is 1.02 bits per heavy atom. The number of hydrogen-bond acceptors (Lipinski definition) is 11. The second-order valence-electron chi connectivity index (χ2n) is 34.1. The van der Waals surface area contributed by atoms with Crippen LogP contribution in [0.5, 0.6) is 0 Å². The van der Waals surface area contributed by atoms with E-state index in [4.69, 9.17) is 64.8 Å². The van der Waals surface area contributed by atoms with Crippen molar-refractivity contribution in [3.63, 3.8) is 0 Å². The number of aromatic nitrogens is 12. The highest BCUT2D eigenvalue weighted by Crippen LogP contribution is 2.53. The van der Waals surface area contributed by atoms with Crippen molar-refractivity contribution >= 4 is 322 Å². The topological polar surface area (TPSA) is 157 Å². The summed E-state index contributed by atoms with van der Waals surface area (Å²) >= 11 is 23.5. The summed E-state index contributed by atoms with van der Waals surface area (Å²) in [5.74, 6) is 2.48. The van der Waals surface area contributed by atoms with E-state index in [0.717, 1.165) is 96.6 Å². The van der Waals surface area contributed by atoms with Gasteiger partial charge in [0.25, 0.3) is 0 Å². The molecule has 0 amide bonds. The first-order valence-electron chi connectivity index (χ1n) is 44.4. The average molecular weight is 1850 g/mol. The number of hydrogen-bond donors (Lipinski definition) is 3. The van der Waals surface area contributed by atoms with E-state index in [0.29, 0.717) is 10.6 Å². The van der Waals surface area contributed by atoms with Crippen molar-refractivity contribution in [3.8, 4) is 23.0 Å². The van der Waals surface area contributed by atoms with E-state index in [1.807, 2.05) is 36.4 Å². The fourth-order valence-corrected chi connectivity index (χ4v) is 25.5. The summed E-state index contributed by atoms with van der Waals surface area (Å²) in [4.78, 5) is 32.0. The fraction of sp³-hybridized carbons (Fsp3) is 0. The zero-order valence-corrected chi connectivity index (χ0v) is 75.7. The molecule has 0 spiro atoms. The summed E-state index contributed by atoms with van der Waals surface area (Å²) in [6.07, 6.45) is 0. The molecule has 0 aliphatic carbocycles. The summed E-state index contributed by atoms with van der Waals surface area (Å²) < 4.78 is 18.6. The minimum absolute atomic E-state index is 0.191. The van der Waals surface area contributed by atoms with Crippen molar-refractivity contribution < 1.29 is 10.0 Å². The Bertz CT molecular complexity index is 10600. The molecule has 0 bridgehead atoms. The van der Waals surface area contributed by atoms with Gasteiger partial charge in [-0.25, -0.2) is 24.9 Å². The minimum atomic E-state index is -1.34. The Morgan fingerprint density at radius 1 is 0.252 bits per heavy atom. The van der Waals surface area contributed by atoms with Crippen LogP contribution in [-0.4, -0.2) is 74.4 Å². The highest BCUT2D eigenvalue weighted by Gasteiger charge is 2.31. The predicted molar refractivity (Wildman–Crippen MR) is 570 cm³/mol. The van der Waals surface area contributed by atoms with Gasteiger partial charge in [-0.2, -0.15) is 4.98 Å². The molecule has 32 rings (SSSR count). The van der Waals surface area contributed by atoms with Crippen molar-refractivity contribution in [2.24, 2.45) is 0 Å². The lowest BCUT2D eigenvalue weighted by molar-refractivity contribution is 0.426. The molecule has 32 aromatic rings. The molecule has 21 heteroatoms. The van der Waals surface area contributed by atoms with Crippen LogP contribution in [0, 0.1) is 0 Å². The number of rotatable bonds is 4. The number of H-pyrrole nitrogens is 1. The molecule has 0 saturated heterocycles. The smallest absolute Gasteiger partial charge is 0.423 e. The van der Waals surface area contributed by atoms with Gasteiger partial charge in [-0.05, 0) is 120 Å². The Morgan fingerprint density at radius 2 is 0.578 bits per heavy atom. The summed E-state index contributed by atoms with van der Waals surface area (Å²) in [5, 5.41) is 44.4. The van der Waals surface area contributed by atoms with Crippen LogP contribution in [0.2, 0.25) is 15.7 Å². The third kappa shape index (κ3) is 11.5. The van der Waals surface area contributed by atoms with E-state index >= 15 is 0 Å². The molecule has 135 heavy (non-hydrogen) atoms. The zero-order valence-electron chi connectivity index (χ0n) is 71.0. The number of nitrogens with zero attached hydrogens (tertiary/aromatic N) is 11. The first-order chi connectivity index (χ1) is 66.6. The number of para-hydroxylation sites is 9. The van der Waals surface area contributed by atoms with Crippen LogP contribution in [0.25, 0.3) is 264 Å². The molecule has 0 unspecified atom stereocenters. The molecule has 15 heterocycles. The molecule has 0 aliphatic rings. The van der Waals surface area contributed by atoms with Crippen LogP contribution in [-0.2, 0) is 0 Å². The van der Waals surface area contributed by atoms with E-state index < -0.39 is 7.12 Å². The molecule has 0 aliphatic heterocycles. The molecule has 0 fully saturated rings. The van der Waals surface area contributed by atoms with Gasteiger partial charge in [0, 0.05) is 144 Å². The normalized spacial score (nSPS) is 12.2. The first kappa shape index (κ1) is 78.0. The highest BCUT2D eigenvalue weighted by atomic mass is 35.5. The van der Waals surface area contributed by atoms with Crippen molar-refractivity contribution in [1.29, 1.82) is 0 Å². The minimum Gasteiger partial charge on any atom is -0.423 e. The predicted octanol–water partition coefficient (Wildman–Crippen LogP) is 30.5. The van der Waals surface area contributed by atoms with Gasteiger partial charge in [-0.3, -0.25) is 9.13 Å². The van der Waals surface area contributed by atoms with Crippen LogP contribution in [0.1, 0.15) is 0 Å². The lowest BCUT2D eigenvalue weighted by Crippen LogP contribution is -2.29. The van der Waals surface area contributed by atoms with E-state index in [2.05, 4.69) is 347 Å². The number of halogens is 3. The molecule has 0 radical (unpaired) electrons. The molecule has 634 valence electrons. The molecule has 3 N–H and O–H groups in total. The second kappa shape index (κ2) is 30.2. The highest BCUT2D eigenvalue weighted by molar-refractivity contribution is 7.27. The van der Waals surface area contributed by atoms with Gasteiger partial charge in [-0.15, -0.1) is 34.0 Å². The Hall–Kier alpha value is -15.7. The van der Waals surface area contributed by atoms with Crippen LogP contribution < -0.4 is 5.46 Å². The quantitative estimate of drug-likeness (QED) is 0.0893. The second-order valence-corrected chi connectivity index (χ2v) is 38.3. The van der Waals surface area contributed by atoms with Gasteiger partial charge in [0.15, 0.2) is 22.6 Å². The SMILES string of the molecule is Clc1nc(-n2c3ccccc3c3c4c5ccccc5n5c6ccccc6c(cc32)c45)c2sc3ccccc3c2n1.Clc1nc(Cl)c2sc3ccccc3c2n1.OB(O)c1ccccc1.c1ccc(-c2nc(-n3c4ccccc4c4c5c6ccccc6n6c7ccccc7c(cc43)c56)c3sc4ccccc4c3n2)cc1.c1ccc2c(c1)[nH]c1cc3c4ccccc4n4c5ccccc5c(c12)c34. The van der Waals surface area contributed by atoms with E-state index in [9.17, 15) is 0 Å². The Labute approximate surface area is 791 Å². The van der Waals surface area contributed by atoms with Crippen molar-refractivity contribution in [3.05, 3.63) is 386 Å². The van der Waals surface area contributed by atoms with E-state index in [-0.39, 0.29) is 10.6 Å². The molecular weight excluding hydrogens is 1780 g/mol. The zero-order chi connectivity index (χ0) is 89.3. The lowest BCUT2D eigenvalue weighted by Gasteiger charge is -2.11. The van der Waals surface area contributed by atoms with Gasteiger partial charge in [0.05, 0.1) is 102 Å². The Balaban J connectivity index is 0.0000000913. The van der Waals surface area contributed by atoms with Crippen LogP contribution in [0.3, 0.4) is 0 Å². The van der Waals surface area contributed by atoms with Gasteiger partial charge in [0.2, 0.25) is 10.6 Å². The van der Waals surface area contributed by atoms with Gasteiger partial charge < -0.3 is 28.2 Å². The molecule has 15 aromatic heterocycles. The molecule has 0 atom stereocenters. The van der Waals surface area contributed by atoms with Crippen LogP contribution in [0.4, 0.5) is 0 Å². The van der Waals surface area contributed by atoms with Crippen molar-refractivity contribution in [2.75, 3.05) is 0 Å². The standard InChI is InChI=1S/C40H22N4S.C34H17ClN4S.C24H14N2.C10H4Cl2N2S.C6H7BO2/c1-2-12-23(13-3-1)39-41-36-27-17-7-11-21-33(27)45-38(36)40(42-39)44-31-20-10-5-15-25(31)34-32(44)22-28-24-14-4-8-18-29(24)43-30-19-9-6-16-26(30)35(34)37(28)43;35-34-36-30-21-12-4-8-16-27(21)40-32(30)33(37-34)39-25-15-7-2-10-19(25)28-26(39)17-22-18-9-1-5-13-23(18)38-24-14-6-3-11-20(24)29(28)31(22)38;1-4-10-18-15(8-1)22-19(25-18)13-17-14-7-2-5-11-20(14)26-21-12-6-3-9-16(21)23(22)24(17)26;11-9-8-7(13-10(12)14-9)5-3-1-2-4-6(5)15-8;8-7(9)6-4-2-1-3-5-6/h1-22H;1-17H;1-13,25H;1-4H;1-5,8-9H. The maximum Gasteiger partial charge on any atom is 0.488 e. The number of nitrogens with one attached hydrogen (secondary N) is 1. The fourth-order valence-electron chi connectivity index (χ4n) is 21.5. The summed E-state index contributed by atoms with van der Waals surface area (Å²) in [6, 6.07) is 130. The Kier molecular flexibility index (Phi) is 17.4. The maximum atomic E-state index is 8.58. The lowest BCUT2D eigenvalue weighted by atomic mass is 9.81. The van der Waals surface area contributed by atoms with Crippen molar-refractivity contribution in [2.45, 2.75) is 0 Å².